The van der Waals surface area contributed by atoms with Gasteiger partial charge in [0.1, 0.15) is 0 Å². The summed E-state index contributed by atoms with van der Waals surface area (Å²) in [6.07, 6.45) is 1.73. The molecule has 1 aromatic carbocycles. The lowest BCUT2D eigenvalue weighted by Crippen LogP contribution is -2.52. The molecular formula is C17H24ClN3O2. The molecule has 2 amide bonds. The average Bonchev–Trinajstić information content (AvgIpc) is 2.53. The number of amides is 2. The number of aryl methyl sites for hydroxylation is 1. The molecule has 2 aliphatic rings. The van der Waals surface area contributed by atoms with Crippen LogP contribution in [0.25, 0.3) is 0 Å². The maximum absolute atomic E-state index is 12.4. The molecule has 5 nitrogen and oxygen atoms in total. The Hall–Kier alpha value is -1.59. The van der Waals surface area contributed by atoms with Crippen LogP contribution in [0.5, 0.6) is 0 Å². The number of nitrogens with zero attached hydrogens (tertiary/aromatic N) is 2. The van der Waals surface area contributed by atoms with Gasteiger partial charge in [0.05, 0.1) is 0 Å². The van der Waals surface area contributed by atoms with Crippen molar-refractivity contribution in [3.05, 3.63) is 29.8 Å². The van der Waals surface area contributed by atoms with Gasteiger partial charge in [0.25, 0.3) is 0 Å². The van der Waals surface area contributed by atoms with Crippen LogP contribution in [-0.2, 0) is 16.0 Å². The van der Waals surface area contributed by atoms with E-state index in [4.69, 9.17) is 0 Å². The smallest absolute Gasteiger partial charge is 0.227 e. The number of halogens is 1. The Morgan fingerprint density at radius 1 is 1.30 bits per heavy atom. The lowest BCUT2D eigenvalue weighted by Gasteiger charge is -2.33. The Labute approximate surface area is 143 Å². The normalized spacial score (nSPS) is 20.7. The standard InChI is InChI=1S/C17H23N3O2.ClH/c1-13-12-19(11-9-18-13)16(21)8-10-20-15-5-3-2-4-14(15)6-7-17(20)22;/h2-5,13,18H,6-12H2,1H3;1H. The van der Waals surface area contributed by atoms with Crippen molar-refractivity contribution in [2.75, 3.05) is 31.1 Å². The molecule has 6 heteroatoms. The molecule has 3 rings (SSSR count). The van der Waals surface area contributed by atoms with Crippen LogP contribution in [0, 0.1) is 0 Å². The van der Waals surface area contributed by atoms with E-state index in [1.54, 1.807) is 4.90 Å². The summed E-state index contributed by atoms with van der Waals surface area (Å²) in [6.45, 7) is 4.92. The number of piperazine rings is 1. The highest BCUT2D eigenvalue weighted by atomic mass is 35.5. The zero-order valence-corrected chi connectivity index (χ0v) is 14.3. The van der Waals surface area contributed by atoms with Gasteiger partial charge >= 0.3 is 0 Å². The third-order valence-electron chi connectivity index (χ3n) is 4.46. The van der Waals surface area contributed by atoms with Gasteiger partial charge in [0.2, 0.25) is 11.8 Å². The predicted octanol–water partition coefficient (Wildman–Crippen LogP) is 1.60. The van der Waals surface area contributed by atoms with Gasteiger partial charge in [-0.2, -0.15) is 0 Å². The third-order valence-corrected chi connectivity index (χ3v) is 4.46. The van der Waals surface area contributed by atoms with E-state index in [-0.39, 0.29) is 24.2 Å². The van der Waals surface area contributed by atoms with Gasteiger partial charge in [-0.3, -0.25) is 9.59 Å². The first-order valence-electron chi connectivity index (χ1n) is 8.04. The summed E-state index contributed by atoms with van der Waals surface area (Å²) in [6, 6.07) is 8.33. The molecule has 1 saturated heterocycles. The largest absolute Gasteiger partial charge is 0.340 e. The van der Waals surface area contributed by atoms with E-state index in [9.17, 15) is 9.59 Å². The van der Waals surface area contributed by atoms with Crippen LogP contribution in [0.3, 0.4) is 0 Å². The summed E-state index contributed by atoms with van der Waals surface area (Å²) in [5, 5.41) is 3.33. The van der Waals surface area contributed by atoms with E-state index < -0.39 is 0 Å². The number of benzene rings is 1. The quantitative estimate of drug-likeness (QED) is 0.911. The number of fused-ring (bicyclic) bond motifs is 1. The maximum Gasteiger partial charge on any atom is 0.227 e. The van der Waals surface area contributed by atoms with Gasteiger partial charge in [-0.05, 0) is 25.0 Å². The lowest BCUT2D eigenvalue weighted by molar-refractivity contribution is -0.132. The second-order valence-corrected chi connectivity index (χ2v) is 6.12. The number of anilines is 1. The number of rotatable bonds is 3. The Bertz CT molecular complexity index is 579. The monoisotopic (exact) mass is 337 g/mol. The summed E-state index contributed by atoms with van der Waals surface area (Å²) in [5.74, 6) is 0.268. The van der Waals surface area contributed by atoms with E-state index in [0.29, 0.717) is 25.4 Å². The van der Waals surface area contributed by atoms with Crippen LogP contribution in [0.15, 0.2) is 24.3 Å². The predicted molar refractivity (Wildman–Crippen MR) is 93.0 cm³/mol. The van der Waals surface area contributed by atoms with Crippen LogP contribution < -0.4 is 10.2 Å². The van der Waals surface area contributed by atoms with Crippen molar-refractivity contribution in [2.24, 2.45) is 0 Å². The van der Waals surface area contributed by atoms with Crippen molar-refractivity contribution in [1.82, 2.24) is 10.2 Å². The fraction of sp³-hybridized carbons (Fsp3) is 0.529. The minimum atomic E-state index is 0. The molecule has 126 valence electrons. The second kappa shape index (κ2) is 7.79. The van der Waals surface area contributed by atoms with E-state index >= 15 is 0 Å². The van der Waals surface area contributed by atoms with Gasteiger partial charge in [-0.25, -0.2) is 0 Å². The van der Waals surface area contributed by atoms with Crippen molar-refractivity contribution in [3.63, 3.8) is 0 Å². The zero-order valence-electron chi connectivity index (χ0n) is 13.5. The van der Waals surface area contributed by atoms with Crippen molar-refractivity contribution >= 4 is 29.9 Å². The van der Waals surface area contributed by atoms with Gasteiger partial charge in [0.15, 0.2) is 0 Å². The molecule has 0 spiro atoms. The summed E-state index contributed by atoms with van der Waals surface area (Å²) >= 11 is 0. The molecule has 1 aromatic rings. The number of para-hydroxylation sites is 1. The van der Waals surface area contributed by atoms with Crippen LogP contribution in [0.2, 0.25) is 0 Å². The van der Waals surface area contributed by atoms with Gasteiger partial charge < -0.3 is 15.1 Å². The Balaban J connectivity index is 0.00000192. The van der Waals surface area contributed by atoms with Crippen LogP contribution in [0.1, 0.15) is 25.3 Å². The molecule has 2 heterocycles. The Morgan fingerprint density at radius 2 is 2.09 bits per heavy atom. The third kappa shape index (κ3) is 4.03. The molecule has 0 aliphatic carbocycles. The highest BCUT2D eigenvalue weighted by Gasteiger charge is 2.26. The molecule has 0 bridgehead atoms. The summed E-state index contributed by atoms with van der Waals surface area (Å²) in [4.78, 5) is 28.2. The van der Waals surface area contributed by atoms with Gasteiger partial charge in [-0.1, -0.05) is 18.2 Å². The fourth-order valence-corrected chi connectivity index (χ4v) is 3.27. The first-order valence-corrected chi connectivity index (χ1v) is 8.04. The van der Waals surface area contributed by atoms with Crippen LogP contribution in [-0.4, -0.2) is 48.9 Å². The minimum absolute atomic E-state index is 0. The summed E-state index contributed by atoms with van der Waals surface area (Å²) in [7, 11) is 0. The summed E-state index contributed by atoms with van der Waals surface area (Å²) < 4.78 is 0. The number of carbonyl (C=O) groups is 2. The van der Waals surface area contributed by atoms with Crippen molar-refractivity contribution in [2.45, 2.75) is 32.2 Å². The number of hydrogen-bond donors (Lipinski definition) is 1. The van der Waals surface area contributed by atoms with Gasteiger partial charge in [0, 0.05) is 50.7 Å². The SMILES string of the molecule is CC1CN(C(=O)CCN2C(=O)CCc3ccccc32)CCN1.Cl. The maximum atomic E-state index is 12.4. The summed E-state index contributed by atoms with van der Waals surface area (Å²) in [5.41, 5.74) is 2.17. The van der Waals surface area contributed by atoms with E-state index in [1.807, 2.05) is 23.1 Å². The lowest BCUT2D eigenvalue weighted by atomic mass is 10.0. The molecule has 1 fully saturated rings. The fourth-order valence-electron chi connectivity index (χ4n) is 3.27. The molecule has 0 saturated carbocycles. The van der Waals surface area contributed by atoms with E-state index in [0.717, 1.165) is 31.7 Å². The highest BCUT2D eigenvalue weighted by molar-refractivity contribution is 5.97. The van der Waals surface area contributed by atoms with Crippen LogP contribution in [0.4, 0.5) is 5.69 Å². The number of carbonyl (C=O) groups excluding carboxylic acids is 2. The highest BCUT2D eigenvalue weighted by Crippen LogP contribution is 2.27. The molecule has 1 atom stereocenters. The molecule has 0 aromatic heterocycles. The van der Waals surface area contributed by atoms with E-state index in [1.165, 1.54) is 5.56 Å². The van der Waals surface area contributed by atoms with E-state index in [2.05, 4.69) is 18.3 Å². The first-order chi connectivity index (χ1) is 10.6. The second-order valence-electron chi connectivity index (χ2n) is 6.12. The number of hydrogen-bond acceptors (Lipinski definition) is 3. The number of nitrogens with one attached hydrogen (secondary N) is 1. The molecule has 0 radical (unpaired) electrons. The van der Waals surface area contributed by atoms with Crippen molar-refractivity contribution < 1.29 is 9.59 Å². The average molecular weight is 338 g/mol. The molecular weight excluding hydrogens is 314 g/mol. The molecule has 2 aliphatic heterocycles. The Morgan fingerprint density at radius 3 is 2.87 bits per heavy atom. The van der Waals surface area contributed by atoms with Gasteiger partial charge in [-0.15, -0.1) is 12.4 Å². The molecule has 1 unspecified atom stereocenters. The van der Waals surface area contributed by atoms with Crippen LogP contribution >= 0.6 is 12.4 Å². The van der Waals surface area contributed by atoms with Crippen molar-refractivity contribution in [1.29, 1.82) is 0 Å². The zero-order chi connectivity index (χ0) is 15.5. The topological polar surface area (TPSA) is 52.7 Å². The molecule has 1 N–H and O–H groups in total. The van der Waals surface area contributed by atoms with Crippen molar-refractivity contribution in [3.8, 4) is 0 Å². The Kier molecular flexibility index (Phi) is 6.02. The molecule has 23 heavy (non-hydrogen) atoms. The first kappa shape index (κ1) is 17.8. The minimum Gasteiger partial charge on any atom is -0.340 e.